The standard InChI is InChI=1S/C18H12ClFN2O/c19-15-7-2-1-6-13(15)17-16(21)14(8-9-22-17)18(23)11-4-3-5-12(20)10-11/h1-10H,21H2. The molecule has 0 saturated carbocycles. The summed E-state index contributed by atoms with van der Waals surface area (Å²) in [6.45, 7) is 0. The summed E-state index contributed by atoms with van der Waals surface area (Å²) in [6, 6.07) is 14.1. The van der Waals surface area contributed by atoms with Crippen LogP contribution in [-0.4, -0.2) is 10.8 Å². The third-order valence-corrected chi connectivity index (χ3v) is 3.78. The van der Waals surface area contributed by atoms with E-state index in [1.165, 1.54) is 30.5 Å². The van der Waals surface area contributed by atoms with E-state index < -0.39 is 5.82 Å². The Morgan fingerprint density at radius 1 is 1.09 bits per heavy atom. The van der Waals surface area contributed by atoms with Gasteiger partial charge in [0, 0.05) is 22.9 Å². The lowest BCUT2D eigenvalue weighted by Gasteiger charge is -2.11. The molecule has 1 heterocycles. The van der Waals surface area contributed by atoms with Crippen molar-refractivity contribution in [3.8, 4) is 11.3 Å². The highest BCUT2D eigenvalue weighted by molar-refractivity contribution is 6.33. The van der Waals surface area contributed by atoms with E-state index in [4.69, 9.17) is 17.3 Å². The summed E-state index contributed by atoms with van der Waals surface area (Å²) in [5.41, 5.74) is 7.90. The lowest BCUT2D eigenvalue weighted by atomic mass is 9.99. The fourth-order valence-corrected chi connectivity index (χ4v) is 2.55. The van der Waals surface area contributed by atoms with Crippen LogP contribution in [0.2, 0.25) is 5.02 Å². The highest BCUT2D eigenvalue weighted by atomic mass is 35.5. The number of carbonyl (C=O) groups excluding carboxylic acids is 1. The SMILES string of the molecule is Nc1c(C(=O)c2cccc(F)c2)ccnc1-c1ccccc1Cl. The van der Waals surface area contributed by atoms with Crippen molar-refractivity contribution in [2.75, 3.05) is 5.73 Å². The van der Waals surface area contributed by atoms with Crippen molar-refractivity contribution in [2.45, 2.75) is 0 Å². The zero-order valence-corrected chi connectivity index (χ0v) is 12.7. The summed E-state index contributed by atoms with van der Waals surface area (Å²) in [6.07, 6.45) is 1.49. The van der Waals surface area contributed by atoms with Gasteiger partial charge in [0.1, 0.15) is 5.82 Å². The van der Waals surface area contributed by atoms with Gasteiger partial charge in [0.2, 0.25) is 0 Å². The van der Waals surface area contributed by atoms with Crippen molar-refractivity contribution in [3.05, 3.63) is 82.8 Å². The Balaban J connectivity index is 2.11. The molecule has 0 unspecified atom stereocenters. The van der Waals surface area contributed by atoms with Crippen LogP contribution < -0.4 is 5.73 Å². The van der Waals surface area contributed by atoms with Gasteiger partial charge in [-0.3, -0.25) is 9.78 Å². The number of pyridine rings is 1. The minimum atomic E-state index is -0.477. The van der Waals surface area contributed by atoms with Crippen molar-refractivity contribution >= 4 is 23.1 Å². The van der Waals surface area contributed by atoms with Crippen LogP contribution in [0.4, 0.5) is 10.1 Å². The van der Waals surface area contributed by atoms with Crippen molar-refractivity contribution < 1.29 is 9.18 Å². The summed E-state index contributed by atoms with van der Waals surface area (Å²) in [7, 11) is 0. The van der Waals surface area contributed by atoms with Crippen LogP contribution in [-0.2, 0) is 0 Å². The number of halogens is 2. The Kier molecular flexibility index (Phi) is 4.08. The molecule has 3 nitrogen and oxygen atoms in total. The maximum atomic E-state index is 13.3. The number of nitrogens with two attached hydrogens (primary N) is 1. The van der Waals surface area contributed by atoms with E-state index in [-0.39, 0.29) is 22.6 Å². The molecule has 0 spiro atoms. The number of rotatable bonds is 3. The third kappa shape index (κ3) is 2.94. The summed E-state index contributed by atoms with van der Waals surface area (Å²) in [5.74, 6) is -0.840. The predicted octanol–water partition coefficient (Wildman–Crippen LogP) is 4.35. The first-order valence-corrected chi connectivity index (χ1v) is 7.25. The largest absolute Gasteiger partial charge is 0.396 e. The fourth-order valence-electron chi connectivity index (χ4n) is 2.32. The van der Waals surface area contributed by atoms with Crippen LogP contribution in [0.25, 0.3) is 11.3 Å². The first-order chi connectivity index (χ1) is 11.1. The van der Waals surface area contributed by atoms with E-state index in [2.05, 4.69) is 4.98 Å². The van der Waals surface area contributed by atoms with Gasteiger partial charge in [0.05, 0.1) is 16.4 Å². The fraction of sp³-hybridized carbons (Fsp3) is 0. The number of aromatic nitrogens is 1. The van der Waals surface area contributed by atoms with Gasteiger partial charge in [-0.05, 0) is 24.3 Å². The summed E-state index contributed by atoms with van der Waals surface area (Å²) < 4.78 is 13.3. The van der Waals surface area contributed by atoms with Gasteiger partial charge < -0.3 is 5.73 Å². The molecule has 2 N–H and O–H groups in total. The zero-order valence-electron chi connectivity index (χ0n) is 12.0. The first-order valence-electron chi connectivity index (χ1n) is 6.87. The van der Waals surface area contributed by atoms with E-state index in [1.54, 1.807) is 24.3 Å². The Bertz CT molecular complexity index is 896. The molecule has 0 fully saturated rings. The monoisotopic (exact) mass is 326 g/mol. The molecule has 2 aromatic carbocycles. The number of hydrogen-bond donors (Lipinski definition) is 1. The van der Waals surface area contributed by atoms with Gasteiger partial charge in [0.15, 0.2) is 5.78 Å². The summed E-state index contributed by atoms with van der Waals surface area (Å²) in [4.78, 5) is 16.8. The summed E-state index contributed by atoms with van der Waals surface area (Å²) in [5, 5.41) is 0.488. The number of carbonyl (C=O) groups is 1. The van der Waals surface area contributed by atoms with Gasteiger partial charge >= 0.3 is 0 Å². The number of benzene rings is 2. The van der Waals surface area contributed by atoms with Crippen LogP contribution >= 0.6 is 11.6 Å². The molecule has 0 aliphatic carbocycles. The average Bonchev–Trinajstić information content (AvgIpc) is 2.55. The minimum absolute atomic E-state index is 0.217. The second-order valence-electron chi connectivity index (χ2n) is 4.94. The zero-order chi connectivity index (χ0) is 16.4. The molecule has 0 amide bonds. The third-order valence-electron chi connectivity index (χ3n) is 3.45. The number of nitrogen functional groups attached to an aromatic ring is 1. The molecule has 1 aromatic heterocycles. The number of hydrogen-bond acceptors (Lipinski definition) is 3. The Hall–Kier alpha value is -2.72. The number of nitrogens with zero attached hydrogens (tertiary/aromatic N) is 1. The molecule has 114 valence electrons. The number of anilines is 1. The highest BCUT2D eigenvalue weighted by Crippen LogP contribution is 2.32. The van der Waals surface area contributed by atoms with Crippen LogP contribution in [0, 0.1) is 5.82 Å². The molecule has 0 aliphatic heterocycles. The van der Waals surface area contributed by atoms with E-state index in [9.17, 15) is 9.18 Å². The smallest absolute Gasteiger partial charge is 0.195 e. The molecule has 3 aromatic rings. The van der Waals surface area contributed by atoms with Crippen LogP contribution in [0.15, 0.2) is 60.8 Å². The highest BCUT2D eigenvalue weighted by Gasteiger charge is 2.17. The maximum absolute atomic E-state index is 13.3. The predicted molar refractivity (Wildman–Crippen MR) is 88.9 cm³/mol. The van der Waals surface area contributed by atoms with Crippen molar-refractivity contribution in [3.63, 3.8) is 0 Å². The Morgan fingerprint density at radius 3 is 2.61 bits per heavy atom. The van der Waals surface area contributed by atoms with Crippen molar-refractivity contribution in [1.29, 1.82) is 0 Å². The quantitative estimate of drug-likeness (QED) is 0.728. The lowest BCUT2D eigenvalue weighted by molar-refractivity contribution is 0.103. The molecular weight excluding hydrogens is 315 g/mol. The number of ketones is 1. The average molecular weight is 327 g/mol. The molecule has 5 heteroatoms. The lowest BCUT2D eigenvalue weighted by Crippen LogP contribution is -2.08. The molecule has 3 rings (SSSR count). The van der Waals surface area contributed by atoms with Crippen LogP contribution in [0.5, 0.6) is 0 Å². The van der Waals surface area contributed by atoms with Gasteiger partial charge in [0.25, 0.3) is 0 Å². The van der Waals surface area contributed by atoms with Gasteiger partial charge in [-0.25, -0.2) is 4.39 Å². The van der Waals surface area contributed by atoms with E-state index in [0.29, 0.717) is 16.3 Å². The van der Waals surface area contributed by atoms with Crippen molar-refractivity contribution in [1.82, 2.24) is 4.98 Å². The Morgan fingerprint density at radius 2 is 1.87 bits per heavy atom. The van der Waals surface area contributed by atoms with Gasteiger partial charge in [-0.2, -0.15) is 0 Å². The minimum Gasteiger partial charge on any atom is -0.396 e. The van der Waals surface area contributed by atoms with Gasteiger partial charge in [-0.1, -0.05) is 41.9 Å². The van der Waals surface area contributed by atoms with Crippen LogP contribution in [0.3, 0.4) is 0 Å². The molecule has 23 heavy (non-hydrogen) atoms. The van der Waals surface area contributed by atoms with E-state index >= 15 is 0 Å². The second-order valence-corrected chi connectivity index (χ2v) is 5.35. The second kappa shape index (κ2) is 6.18. The maximum Gasteiger partial charge on any atom is 0.195 e. The van der Waals surface area contributed by atoms with E-state index in [1.807, 2.05) is 6.07 Å². The van der Waals surface area contributed by atoms with Gasteiger partial charge in [-0.15, -0.1) is 0 Å². The molecule has 0 aliphatic rings. The molecule has 0 atom stereocenters. The topological polar surface area (TPSA) is 56.0 Å². The molecular formula is C18H12ClFN2O. The first kappa shape index (κ1) is 15.2. The summed E-state index contributed by atoms with van der Waals surface area (Å²) >= 11 is 6.17. The molecule has 0 saturated heterocycles. The van der Waals surface area contributed by atoms with Crippen molar-refractivity contribution in [2.24, 2.45) is 0 Å². The normalized spacial score (nSPS) is 10.5. The molecule has 0 bridgehead atoms. The van der Waals surface area contributed by atoms with Crippen LogP contribution in [0.1, 0.15) is 15.9 Å². The Labute approximate surface area is 137 Å². The van der Waals surface area contributed by atoms with E-state index in [0.717, 1.165) is 0 Å². The molecule has 0 radical (unpaired) electrons.